The third kappa shape index (κ3) is 3.82. The van der Waals surface area contributed by atoms with E-state index in [9.17, 15) is 0 Å². The number of benzene rings is 6. The van der Waals surface area contributed by atoms with Gasteiger partial charge >= 0.3 is 0 Å². The molecule has 6 aromatic rings. The van der Waals surface area contributed by atoms with E-state index in [1.54, 1.807) is 0 Å². The van der Waals surface area contributed by atoms with Crippen LogP contribution >= 0.6 is 0 Å². The fourth-order valence-electron chi connectivity index (χ4n) is 7.03. The first kappa shape index (κ1) is 23.2. The Kier molecular flexibility index (Phi) is 5.77. The maximum atomic E-state index is 2.45. The molecule has 0 saturated heterocycles. The predicted octanol–water partition coefficient (Wildman–Crippen LogP) is 11.1. The average Bonchev–Trinajstić information content (AvgIpc) is 2.96. The Balaban J connectivity index is 1.47. The quantitative estimate of drug-likeness (QED) is 0.216. The van der Waals surface area contributed by atoms with Gasteiger partial charge in [-0.15, -0.1) is 0 Å². The molecule has 0 nitrogen and oxygen atoms in total. The van der Waals surface area contributed by atoms with Gasteiger partial charge in [0, 0.05) is 0 Å². The molecule has 0 aromatic heterocycles. The van der Waals surface area contributed by atoms with E-state index in [4.69, 9.17) is 0 Å². The van der Waals surface area contributed by atoms with Crippen molar-refractivity contribution in [3.05, 3.63) is 120 Å². The lowest BCUT2D eigenvalue weighted by Gasteiger charge is -2.22. The zero-order valence-electron chi connectivity index (χ0n) is 22.4. The second kappa shape index (κ2) is 9.44. The topological polar surface area (TPSA) is 0 Å². The summed E-state index contributed by atoms with van der Waals surface area (Å²) in [5.74, 6) is 0.734. The molecule has 1 aliphatic rings. The lowest BCUT2D eigenvalue weighted by Crippen LogP contribution is -2.04. The van der Waals surface area contributed by atoms with E-state index >= 15 is 0 Å². The molecular formula is C38H34. The minimum absolute atomic E-state index is 0.734. The minimum Gasteiger partial charge on any atom is -0.0617 e. The summed E-state index contributed by atoms with van der Waals surface area (Å²) >= 11 is 0. The average molecular weight is 491 g/mol. The summed E-state index contributed by atoms with van der Waals surface area (Å²) in [5, 5.41) is 7.98. The lowest BCUT2D eigenvalue weighted by molar-refractivity contribution is 0.444. The molecule has 0 spiro atoms. The largest absolute Gasteiger partial charge is 0.0617 e. The van der Waals surface area contributed by atoms with Crippen LogP contribution in [0, 0.1) is 13.8 Å². The molecule has 0 heteroatoms. The van der Waals surface area contributed by atoms with Gasteiger partial charge in [-0.25, -0.2) is 0 Å². The van der Waals surface area contributed by atoms with Crippen LogP contribution in [0.1, 0.15) is 54.7 Å². The first-order valence-corrected chi connectivity index (χ1v) is 14.2. The van der Waals surface area contributed by atoms with Gasteiger partial charge in [0.2, 0.25) is 0 Å². The standard InChI is InChI=1S/C38H34/c1-25-11-10-12-26(2)36(25)38-34-17-8-6-15-32(34)37(33-16-7-9-18-35(33)38)31-22-21-29-23-28(19-20-30(29)24-31)27-13-4-3-5-14-27/h6-12,15-24,27H,3-5,13-14H2,1-2H3. The number of hydrogen-bond acceptors (Lipinski definition) is 0. The van der Waals surface area contributed by atoms with Crippen molar-refractivity contribution in [2.24, 2.45) is 0 Å². The Morgan fingerprint density at radius 2 is 1.03 bits per heavy atom. The van der Waals surface area contributed by atoms with Gasteiger partial charge in [0.05, 0.1) is 0 Å². The molecule has 0 N–H and O–H groups in total. The molecule has 1 fully saturated rings. The van der Waals surface area contributed by atoms with Crippen LogP contribution in [0.2, 0.25) is 0 Å². The highest BCUT2D eigenvalue weighted by Crippen LogP contribution is 2.45. The van der Waals surface area contributed by atoms with Gasteiger partial charge in [-0.05, 0) is 110 Å². The van der Waals surface area contributed by atoms with Crippen LogP contribution in [0.25, 0.3) is 54.6 Å². The van der Waals surface area contributed by atoms with Crippen molar-refractivity contribution in [2.45, 2.75) is 51.9 Å². The Labute approximate surface area is 226 Å². The number of hydrogen-bond donors (Lipinski definition) is 0. The summed E-state index contributed by atoms with van der Waals surface area (Å²) in [7, 11) is 0. The molecule has 0 atom stereocenters. The summed E-state index contributed by atoms with van der Waals surface area (Å²) in [6.45, 7) is 4.48. The molecule has 0 bridgehead atoms. The first-order chi connectivity index (χ1) is 18.7. The summed E-state index contributed by atoms with van der Waals surface area (Å²) < 4.78 is 0. The van der Waals surface area contributed by atoms with Crippen molar-refractivity contribution in [3.8, 4) is 22.3 Å². The number of aryl methyl sites for hydroxylation is 2. The monoisotopic (exact) mass is 490 g/mol. The molecule has 0 radical (unpaired) electrons. The summed E-state index contributed by atoms with van der Waals surface area (Å²) in [5.41, 5.74) is 9.53. The second-order valence-corrected chi connectivity index (χ2v) is 11.3. The molecule has 6 aromatic carbocycles. The van der Waals surface area contributed by atoms with E-state index in [1.807, 2.05) is 0 Å². The Bertz CT molecular complexity index is 1740. The number of rotatable bonds is 3. The molecule has 0 amide bonds. The van der Waals surface area contributed by atoms with Gasteiger partial charge in [-0.1, -0.05) is 116 Å². The smallest absolute Gasteiger partial charge is 0.00210 e. The fourth-order valence-corrected chi connectivity index (χ4v) is 7.03. The SMILES string of the molecule is Cc1cccc(C)c1-c1c2ccccc2c(-c2ccc3cc(C4CCCCC4)ccc3c2)c2ccccc12. The highest BCUT2D eigenvalue weighted by molar-refractivity contribution is 6.22. The predicted molar refractivity (Wildman–Crippen MR) is 165 cm³/mol. The normalized spacial score (nSPS) is 14.5. The van der Waals surface area contributed by atoms with Gasteiger partial charge in [-0.2, -0.15) is 0 Å². The Morgan fingerprint density at radius 3 is 1.66 bits per heavy atom. The molecule has 186 valence electrons. The minimum atomic E-state index is 0.734. The fraction of sp³-hybridized carbons (Fsp3) is 0.211. The highest BCUT2D eigenvalue weighted by atomic mass is 14.2. The van der Waals surface area contributed by atoms with Crippen molar-refractivity contribution in [1.82, 2.24) is 0 Å². The van der Waals surface area contributed by atoms with Crippen LogP contribution in [0.3, 0.4) is 0 Å². The maximum Gasteiger partial charge on any atom is -0.00210 e. The molecule has 1 saturated carbocycles. The van der Waals surface area contributed by atoms with E-state index < -0.39 is 0 Å². The first-order valence-electron chi connectivity index (χ1n) is 14.2. The van der Waals surface area contributed by atoms with Gasteiger partial charge in [0.15, 0.2) is 0 Å². The van der Waals surface area contributed by atoms with E-state index in [0.29, 0.717) is 0 Å². The van der Waals surface area contributed by atoms with Crippen LogP contribution in [-0.2, 0) is 0 Å². The lowest BCUT2D eigenvalue weighted by atomic mass is 9.82. The molecule has 38 heavy (non-hydrogen) atoms. The van der Waals surface area contributed by atoms with E-state index in [-0.39, 0.29) is 0 Å². The van der Waals surface area contributed by atoms with Gasteiger partial charge in [0.1, 0.15) is 0 Å². The van der Waals surface area contributed by atoms with Crippen molar-refractivity contribution < 1.29 is 0 Å². The summed E-state index contributed by atoms with van der Waals surface area (Å²) in [4.78, 5) is 0. The zero-order chi connectivity index (χ0) is 25.6. The molecule has 1 aliphatic carbocycles. The van der Waals surface area contributed by atoms with Crippen LogP contribution < -0.4 is 0 Å². The molecule has 0 heterocycles. The van der Waals surface area contributed by atoms with Crippen molar-refractivity contribution in [1.29, 1.82) is 0 Å². The summed E-state index contributed by atoms with van der Waals surface area (Å²) in [6, 6.07) is 38.9. The van der Waals surface area contributed by atoms with Crippen molar-refractivity contribution in [2.75, 3.05) is 0 Å². The van der Waals surface area contributed by atoms with Gasteiger partial charge in [0.25, 0.3) is 0 Å². The van der Waals surface area contributed by atoms with Crippen molar-refractivity contribution in [3.63, 3.8) is 0 Å². The zero-order valence-corrected chi connectivity index (χ0v) is 22.4. The highest BCUT2D eigenvalue weighted by Gasteiger charge is 2.19. The van der Waals surface area contributed by atoms with Gasteiger partial charge in [-0.3, -0.25) is 0 Å². The van der Waals surface area contributed by atoms with Crippen LogP contribution in [-0.4, -0.2) is 0 Å². The Morgan fingerprint density at radius 1 is 0.474 bits per heavy atom. The molecular weight excluding hydrogens is 456 g/mol. The Hall–Kier alpha value is -3.90. The van der Waals surface area contributed by atoms with E-state index in [2.05, 4.69) is 117 Å². The summed E-state index contributed by atoms with van der Waals surface area (Å²) in [6.07, 6.45) is 6.83. The van der Waals surface area contributed by atoms with E-state index in [0.717, 1.165) is 5.92 Å². The maximum absolute atomic E-state index is 2.45. The van der Waals surface area contributed by atoms with Crippen LogP contribution in [0.15, 0.2) is 103 Å². The molecule has 0 aliphatic heterocycles. The molecule has 0 unspecified atom stereocenters. The van der Waals surface area contributed by atoms with Crippen LogP contribution in [0.5, 0.6) is 0 Å². The number of fused-ring (bicyclic) bond motifs is 3. The van der Waals surface area contributed by atoms with Crippen LogP contribution in [0.4, 0.5) is 0 Å². The second-order valence-electron chi connectivity index (χ2n) is 11.3. The van der Waals surface area contributed by atoms with E-state index in [1.165, 1.54) is 103 Å². The van der Waals surface area contributed by atoms with Crippen molar-refractivity contribution >= 4 is 32.3 Å². The molecule has 7 rings (SSSR count). The third-order valence-electron chi connectivity index (χ3n) is 8.89. The third-order valence-corrected chi connectivity index (χ3v) is 8.89. The van der Waals surface area contributed by atoms with Gasteiger partial charge < -0.3 is 0 Å².